The van der Waals surface area contributed by atoms with Gasteiger partial charge in [-0.2, -0.15) is 5.10 Å². The monoisotopic (exact) mass is 465 g/mol. The van der Waals surface area contributed by atoms with E-state index < -0.39 is 11.4 Å². The molecule has 0 fully saturated rings. The number of nitrogens with zero attached hydrogens (tertiary/aromatic N) is 3. The number of fused-ring (bicyclic) bond motifs is 3. The molecule has 3 aromatic rings. The van der Waals surface area contributed by atoms with E-state index >= 15 is 0 Å². The van der Waals surface area contributed by atoms with Crippen molar-refractivity contribution in [3.63, 3.8) is 0 Å². The number of carboxylic acids is 1. The fourth-order valence-corrected chi connectivity index (χ4v) is 4.59. The van der Waals surface area contributed by atoms with Gasteiger partial charge in [-0.15, -0.1) is 0 Å². The van der Waals surface area contributed by atoms with Crippen molar-refractivity contribution in [2.45, 2.75) is 39.7 Å². The van der Waals surface area contributed by atoms with Crippen molar-refractivity contribution in [3.05, 3.63) is 58.0 Å². The summed E-state index contributed by atoms with van der Waals surface area (Å²) in [7, 11) is 3.54. The molecule has 0 radical (unpaired) electrons. The molecule has 1 aliphatic rings. The van der Waals surface area contributed by atoms with Crippen LogP contribution in [-0.4, -0.2) is 45.7 Å². The molecule has 180 valence electrons. The normalized spacial score (nSPS) is 15.0. The van der Waals surface area contributed by atoms with Crippen molar-refractivity contribution < 1.29 is 19.4 Å². The number of rotatable bonds is 7. The smallest absolute Gasteiger partial charge is 0.341 e. The maximum Gasteiger partial charge on any atom is 0.341 e. The first-order valence-corrected chi connectivity index (χ1v) is 11.4. The lowest BCUT2D eigenvalue weighted by molar-refractivity contribution is 0.0693. The van der Waals surface area contributed by atoms with Crippen molar-refractivity contribution in [1.82, 2.24) is 14.3 Å². The summed E-state index contributed by atoms with van der Waals surface area (Å²) in [4.78, 5) is 24.4. The van der Waals surface area contributed by atoms with Gasteiger partial charge in [0.1, 0.15) is 11.3 Å². The molecule has 34 heavy (non-hydrogen) atoms. The molecule has 4 rings (SSSR count). The van der Waals surface area contributed by atoms with Crippen LogP contribution < -0.4 is 10.2 Å². The zero-order valence-electron chi connectivity index (χ0n) is 20.3. The summed E-state index contributed by atoms with van der Waals surface area (Å²) in [6.45, 7) is 7.49. The minimum Gasteiger partial charge on any atom is -0.493 e. The molecule has 0 amide bonds. The van der Waals surface area contributed by atoms with Gasteiger partial charge in [-0.05, 0) is 35.6 Å². The van der Waals surface area contributed by atoms with Gasteiger partial charge in [0, 0.05) is 62.8 Å². The van der Waals surface area contributed by atoms with E-state index in [9.17, 15) is 14.7 Å². The lowest BCUT2D eigenvalue weighted by Crippen LogP contribution is -2.32. The molecule has 1 atom stereocenters. The Hall–Kier alpha value is -3.39. The van der Waals surface area contributed by atoms with Crippen molar-refractivity contribution in [3.8, 4) is 28.3 Å². The Morgan fingerprint density at radius 2 is 1.94 bits per heavy atom. The van der Waals surface area contributed by atoms with E-state index in [-0.39, 0.29) is 17.0 Å². The standard InChI is InChI=1S/C26H31N3O5/c1-26(2,3)24-12-16-11-23(34-10-6-9-33-5)18(20-7-8-27-28(20)4)13-17(16)21-14-22(30)19(25(31)32)15-29(21)24/h7-8,11,13-15,24H,6,9-10,12H2,1-5H3,(H,31,32)/t24-/m0/s1. The first kappa shape index (κ1) is 23.8. The number of ether oxygens (including phenoxy) is 2. The van der Waals surface area contributed by atoms with Crippen LogP contribution >= 0.6 is 0 Å². The molecule has 0 aliphatic carbocycles. The van der Waals surface area contributed by atoms with Crippen LogP contribution in [0.25, 0.3) is 22.5 Å². The van der Waals surface area contributed by atoms with Gasteiger partial charge in [0.15, 0.2) is 5.43 Å². The number of methoxy groups -OCH3 is 1. The van der Waals surface area contributed by atoms with E-state index in [1.54, 1.807) is 18.0 Å². The van der Waals surface area contributed by atoms with Gasteiger partial charge in [0.05, 0.1) is 18.0 Å². The van der Waals surface area contributed by atoms with Gasteiger partial charge in [-0.3, -0.25) is 9.48 Å². The molecular formula is C26H31N3O5. The van der Waals surface area contributed by atoms with Gasteiger partial charge in [-0.25, -0.2) is 4.79 Å². The molecule has 1 N–H and O–H groups in total. The number of aryl methyl sites for hydroxylation is 1. The van der Waals surface area contributed by atoms with E-state index in [4.69, 9.17) is 9.47 Å². The molecule has 0 bridgehead atoms. The SMILES string of the molecule is COCCCOc1cc2c(cc1-c1ccnn1C)-c1cc(=O)c(C(=O)O)cn1[C@H](C(C)(C)C)C2. The predicted octanol–water partition coefficient (Wildman–Crippen LogP) is 4.17. The number of aromatic carboxylic acids is 1. The van der Waals surface area contributed by atoms with Gasteiger partial charge in [0.25, 0.3) is 0 Å². The first-order valence-electron chi connectivity index (χ1n) is 11.4. The Morgan fingerprint density at radius 1 is 1.18 bits per heavy atom. The molecule has 0 saturated heterocycles. The fraction of sp³-hybridized carbons (Fsp3) is 0.423. The number of carboxylic acid groups (broad SMARTS) is 1. The second-order valence-corrected chi connectivity index (χ2v) is 9.78. The quantitative estimate of drug-likeness (QED) is 0.526. The van der Waals surface area contributed by atoms with Crippen molar-refractivity contribution in [2.24, 2.45) is 12.5 Å². The third kappa shape index (κ3) is 4.37. The van der Waals surface area contributed by atoms with E-state index in [0.29, 0.717) is 25.3 Å². The Bertz CT molecular complexity index is 1280. The fourth-order valence-electron chi connectivity index (χ4n) is 4.59. The molecule has 0 spiro atoms. The lowest BCUT2D eigenvalue weighted by atomic mass is 9.78. The molecule has 2 aromatic heterocycles. The Balaban J connectivity index is 1.93. The summed E-state index contributed by atoms with van der Waals surface area (Å²) in [6, 6.07) is 7.43. The van der Waals surface area contributed by atoms with Crippen LogP contribution in [0.5, 0.6) is 5.75 Å². The molecule has 8 nitrogen and oxygen atoms in total. The van der Waals surface area contributed by atoms with Gasteiger partial charge in [0.2, 0.25) is 0 Å². The predicted molar refractivity (Wildman–Crippen MR) is 129 cm³/mol. The lowest BCUT2D eigenvalue weighted by Gasteiger charge is -2.39. The Morgan fingerprint density at radius 3 is 2.56 bits per heavy atom. The summed E-state index contributed by atoms with van der Waals surface area (Å²) in [5, 5.41) is 13.9. The zero-order valence-corrected chi connectivity index (χ0v) is 20.3. The summed E-state index contributed by atoms with van der Waals surface area (Å²) >= 11 is 0. The molecule has 0 unspecified atom stereocenters. The van der Waals surface area contributed by atoms with Crippen molar-refractivity contribution in [2.75, 3.05) is 20.3 Å². The van der Waals surface area contributed by atoms with Crippen LogP contribution in [0, 0.1) is 5.41 Å². The van der Waals surface area contributed by atoms with Gasteiger partial charge in [-0.1, -0.05) is 20.8 Å². The van der Waals surface area contributed by atoms with E-state index in [1.807, 2.05) is 23.7 Å². The highest BCUT2D eigenvalue weighted by Crippen LogP contribution is 2.45. The average molecular weight is 466 g/mol. The highest BCUT2D eigenvalue weighted by molar-refractivity contribution is 5.88. The number of hydrogen-bond acceptors (Lipinski definition) is 5. The number of benzene rings is 1. The van der Waals surface area contributed by atoms with Crippen LogP contribution in [0.1, 0.15) is 49.2 Å². The number of pyridine rings is 1. The van der Waals surface area contributed by atoms with Crippen LogP contribution in [-0.2, 0) is 18.2 Å². The minimum atomic E-state index is -1.21. The summed E-state index contributed by atoms with van der Waals surface area (Å²) < 4.78 is 15.1. The number of aromatic nitrogens is 3. The van der Waals surface area contributed by atoms with E-state index in [2.05, 4.69) is 31.9 Å². The van der Waals surface area contributed by atoms with Crippen molar-refractivity contribution in [1.29, 1.82) is 0 Å². The van der Waals surface area contributed by atoms with Crippen molar-refractivity contribution >= 4 is 5.97 Å². The van der Waals surface area contributed by atoms with E-state index in [1.165, 1.54) is 12.3 Å². The molecular weight excluding hydrogens is 434 g/mol. The first-order chi connectivity index (χ1) is 16.1. The minimum absolute atomic E-state index is 0.0300. The number of hydrogen-bond donors (Lipinski definition) is 1. The van der Waals surface area contributed by atoms with Crippen LogP contribution in [0.3, 0.4) is 0 Å². The molecule has 8 heteroatoms. The van der Waals surface area contributed by atoms with Gasteiger partial charge >= 0.3 is 5.97 Å². The molecule has 1 aromatic carbocycles. The maximum atomic E-state index is 12.7. The number of carbonyl (C=O) groups is 1. The summed E-state index contributed by atoms with van der Waals surface area (Å²) in [6.07, 6.45) is 4.68. The maximum absolute atomic E-state index is 12.7. The summed E-state index contributed by atoms with van der Waals surface area (Å²) in [5.74, 6) is -0.460. The zero-order chi connectivity index (χ0) is 24.6. The highest BCUT2D eigenvalue weighted by Gasteiger charge is 2.34. The third-order valence-electron chi connectivity index (χ3n) is 6.39. The third-order valence-corrected chi connectivity index (χ3v) is 6.39. The second-order valence-electron chi connectivity index (χ2n) is 9.78. The summed E-state index contributed by atoms with van der Waals surface area (Å²) in [5.41, 5.74) is 3.55. The highest BCUT2D eigenvalue weighted by atomic mass is 16.5. The van der Waals surface area contributed by atoms with Crippen LogP contribution in [0.4, 0.5) is 0 Å². The average Bonchev–Trinajstić information content (AvgIpc) is 3.20. The van der Waals surface area contributed by atoms with Crippen LogP contribution in [0.2, 0.25) is 0 Å². The van der Waals surface area contributed by atoms with Gasteiger partial charge < -0.3 is 19.1 Å². The Labute approximate surface area is 198 Å². The Kier molecular flexibility index (Phi) is 6.36. The second kappa shape index (κ2) is 9.10. The molecule has 3 heterocycles. The largest absolute Gasteiger partial charge is 0.493 e. The topological polar surface area (TPSA) is 95.6 Å². The van der Waals surface area contributed by atoms with E-state index in [0.717, 1.165) is 34.6 Å². The molecule has 1 aliphatic heterocycles. The molecule has 0 saturated carbocycles. The van der Waals surface area contributed by atoms with Crippen LogP contribution in [0.15, 0.2) is 41.5 Å².